The Morgan fingerprint density at radius 3 is 2.65 bits per heavy atom. The summed E-state index contributed by atoms with van der Waals surface area (Å²) in [6.45, 7) is 10.8. The normalized spacial score (nSPS) is 20.7. The molecule has 2 N–H and O–H groups in total. The average molecular weight is 276 g/mol. The van der Waals surface area contributed by atoms with Crippen LogP contribution in [0, 0.1) is 0 Å². The predicted octanol–water partition coefficient (Wildman–Crippen LogP) is 3.66. The molecule has 0 aliphatic carbocycles. The molecule has 1 atom stereocenters. The molecule has 0 unspecified atom stereocenters. The minimum absolute atomic E-state index is 0.192. The van der Waals surface area contributed by atoms with Crippen molar-refractivity contribution in [1.29, 1.82) is 0 Å². The van der Waals surface area contributed by atoms with Crippen LogP contribution < -0.4 is 15.4 Å². The third-order valence-electron chi connectivity index (χ3n) is 4.45. The molecule has 1 heterocycles. The van der Waals surface area contributed by atoms with Gasteiger partial charge in [0, 0.05) is 35.9 Å². The van der Waals surface area contributed by atoms with Crippen LogP contribution in [0.25, 0.3) is 0 Å². The number of hydrogen-bond donors (Lipinski definition) is 1. The zero-order valence-electron chi connectivity index (χ0n) is 13.5. The molecule has 0 amide bonds. The van der Waals surface area contributed by atoms with Crippen molar-refractivity contribution < 1.29 is 4.74 Å². The molecule has 0 radical (unpaired) electrons. The van der Waals surface area contributed by atoms with E-state index in [4.69, 9.17) is 10.5 Å². The van der Waals surface area contributed by atoms with Crippen molar-refractivity contribution in [3.63, 3.8) is 0 Å². The van der Waals surface area contributed by atoms with Gasteiger partial charge in [-0.05, 0) is 44.2 Å². The maximum Gasteiger partial charge on any atom is 0.125 e. The van der Waals surface area contributed by atoms with E-state index in [9.17, 15) is 0 Å². The summed E-state index contributed by atoms with van der Waals surface area (Å²) in [6, 6.07) is 4.43. The molecule has 1 aliphatic rings. The van der Waals surface area contributed by atoms with Crippen LogP contribution in [-0.2, 0) is 6.54 Å². The van der Waals surface area contributed by atoms with Gasteiger partial charge in [0.05, 0.1) is 7.11 Å². The quantitative estimate of drug-likeness (QED) is 0.912. The van der Waals surface area contributed by atoms with Crippen LogP contribution in [0.1, 0.15) is 57.6 Å². The SMILES string of the molecule is CCCN1c2cc(OC)c(CN)cc2[C@H](C)CC1(C)C. The topological polar surface area (TPSA) is 38.5 Å². The molecule has 20 heavy (non-hydrogen) atoms. The number of benzene rings is 1. The lowest BCUT2D eigenvalue weighted by molar-refractivity contribution is 0.372. The van der Waals surface area contributed by atoms with Gasteiger partial charge < -0.3 is 15.4 Å². The van der Waals surface area contributed by atoms with Gasteiger partial charge in [0.25, 0.3) is 0 Å². The number of fused-ring (bicyclic) bond motifs is 1. The molecule has 3 nitrogen and oxygen atoms in total. The van der Waals surface area contributed by atoms with Gasteiger partial charge in [0.1, 0.15) is 5.75 Å². The highest BCUT2D eigenvalue weighted by Gasteiger charge is 2.36. The Labute approximate surface area is 123 Å². The summed E-state index contributed by atoms with van der Waals surface area (Å²) >= 11 is 0. The average Bonchev–Trinajstić information content (AvgIpc) is 2.41. The summed E-state index contributed by atoms with van der Waals surface area (Å²) in [6.07, 6.45) is 2.33. The van der Waals surface area contributed by atoms with Crippen molar-refractivity contribution in [3.8, 4) is 5.75 Å². The minimum atomic E-state index is 0.192. The third-order valence-corrected chi connectivity index (χ3v) is 4.45. The van der Waals surface area contributed by atoms with Crippen LogP contribution in [0.15, 0.2) is 12.1 Å². The Hall–Kier alpha value is -1.22. The Morgan fingerprint density at radius 2 is 2.10 bits per heavy atom. The number of hydrogen-bond acceptors (Lipinski definition) is 3. The van der Waals surface area contributed by atoms with Crippen molar-refractivity contribution in [2.45, 2.75) is 58.5 Å². The molecule has 112 valence electrons. The standard InChI is InChI=1S/C17H28N2O/c1-6-7-19-15-9-16(20-5)13(11-18)8-14(15)12(2)10-17(19,3)4/h8-9,12H,6-7,10-11,18H2,1-5H3/t12-/m1/s1. The Bertz CT molecular complexity index is 482. The molecular formula is C17H28N2O. The van der Waals surface area contributed by atoms with Crippen LogP contribution in [0.4, 0.5) is 5.69 Å². The summed E-state index contributed by atoms with van der Waals surface area (Å²) in [5.74, 6) is 1.47. The van der Waals surface area contributed by atoms with Crippen molar-refractivity contribution in [3.05, 3.63) is 23.3 Å². The van der Waals surface area contributed by atoms with E-state index in [2.05, 4.69) is 44.7 Å². The fraction of sp³-hybridized carbons (Fsp3) is 0.647. The number of ether oxygens (including phenoxy) is 1. The van der Waals surface area contributed by atoms with E-state index >= 15 is 0 Å². The first-order valence-corrected chi connectivity index (χ1v) is 7.63. The Balaban J connectivity index is 2.57. The number of methoxy groups -OCH3 is 1. The van der Waals surface area contributed by atoms with Gasteiger partial charge in [-0.15, -0.1) is 0 Å². The van der Waals surface area contributed by atoms with E-state index in [1.807, 2.05) is 0 Å². The summed E-state index contributed by atoms with van der Waals surface area (Å²) in [5.41, 5.74) is 9.90. The van der Waals surface area contributed by atoms with E-state index in [-0.39, 0.29) is 5.54 Å². The van der Waals surface area contributed by atoms with Crippen molar-refractivity contribution in [1.82, 2.24) is 0 Å². The van der Waals surface area contributed by atoms with Gasteiger partial charge in [0.2, 0.25) is 0 Å². The smallest absolute Gasteiger partial charge is 0.125 e. The second-order valence-electron chi connectivity index (χ2n) is 6.50. The number of anilines is 1. The Morgan fingerprint density at radius 1 is 1.40 bits per heavy atom. The molecule has 0 saturated carbocycles. The summed E-state index contributed by atoms with van der Waals surface area (Å²) in [4.78, 5) is 2.53. The van der Waals surface area contributed by atoms with Crippen molar-refractivity contribution >= 4 is 5.69 Å². The molecule has 0 aromatic heterocycles. The van der Waals surface area contributed by atoms with Crippen molar-refractivity contribution in [2.75, 3.05) is 18.6 Å². The third kappa shape index (κ3) is 2.51. The van der Waals surface area contributed by atoms with Gasteiger partial charge in [-0.1, -0.05) is 13.8 Å². The molecule has 3 heteroatoms. The summed E-state index contributed by atoms with van der Waals surface area (Å²) < 4.78 is 5.53. The zero-order chi connectivity index (χ0) is 14.9. The molecule has 1 aromatic carbocycles. The number of nitrogens with zero attached hydrogens (tertiary/aromatic N) is 1. The lowest BCUT2D eigenvalue weighted by Crippen LogP contribution is -2.48. The fourth-order valence-corrected chi connectivity index (χ4v) is 3.55. The molecule has 0 saturated heterocycles. The van der Waals surface area contributed by atoms with Crippen LogP contribution in [0.3, 0.4) is 0 Å². The lowest BCUT2D eigenvalue weighted by Gasteiger charge is -2.48. The maximum atomic E-state index is 5.86. The molecular weight excluding hydrogens is 248 g/mol. The molecule has 0 fully saturated rings. The molecule has 2 rings (SSSR count). The molecule has 1 aromatic rings. The monoisotopic (exact) mass is 276 g/mol. The highest BCUT2D eigenvalue weighted by Crippen LogP contribution is 2.45. The van der Waals surface area contributed by atoms with E-state index in [0.29, 0.717) is 12.5 Å². The highest BCUT2D eigenvalue weighted by atomic mass is 16.5. The lowest BCUT2D eigenvalue weighted by atomic mass is 9.79. The first kappa shape index (κ1) is 15.2. The predicted molar refractivity (Wildman–Crippen MR) is 85.6 cm³/mol. The summed E-state index contributed by atoms with van der Waals surface area (Å²) in [7, 11) is 1.72. The molecule has 1 aliphatic heterocycles. The van der Waals surface area contributed by atoms with E-state index < -0.39 is 0 Å². The second kappa shape index (κ2) is 5.65. The van der Waals surface area contributed by atoms with Gasteiger partial charge in [0.15, 0.2) is 0 Å². The van der Waals surface area contributed by atoms with Crippen LogP contribution in [0.5, 0.6) is 5.75 Å². The summed E-state index contributed by atoms with van der Waals surface area (Å²) in [5, 5.41) is 0. The number of nitrogens with two attached hydrogens (primary N) is 1. The Kier molecular flexibility index (Phi) is 4.28. The van der Waals surface area contributed by atoms with Gasteiger partial charge in [-0.2, -0.15) is 0 Å². The van der Waals surface area contributed by atoms with Crippen LogP contribution in [0.2, 0.25) is 0 Å². The first-order valence-electron chi connectivity index (χ1n) is 7.63. The largest absolute Gasteiger partial charge is 0.496 e. The molecule has 0 spiro atoms. The zero-order valence-corrected chi connectivity index (χ0v) is 13.5. The fourth-order valence-electron chi connectivity index (χ4n) is 3.55. The maximum absolute atomic E-state index is 5.86. The van der Waals surface area contributed by atoms with E-state index in [1.165, 1.54) is 17.7 Å². The van der Waals surface area contributed by atoms with E-state index in [0.717, 1.165) is 24.3 Å². The second-order valence-corrected chi connectivity index (χ2v) is 6.50. The van der Waals surface area contributed by atoms with Crippen LogP contribution >= 0.6 is 0 Å². The van der Waals surface area contributed by atoms with Gasteiger partial charge in [-0.3, -0.25) is 0 Å². The van der Waals surface area contributed by atoms with E-state index in [1.54, 1.807) is 7.11 Å². The first-order chi connectivity index (χ1) is 9.44. The molecule has 0 bridgehead atoms. The van der Waals surface area contributed by atoms with Crippen LogP contribution in [-0.4, -0.2) is 19.2 Å². The number of rotatable bonds is 4. The minimum Gasteiger partial charge on any atom is -0.496 e. The van der Waals surface area contributed by atoms with Gasteiger partial charge in [-0.25, -0.2) is 0 Å². The van der Waals surface area contributed by atoms with Gasteiger partial charge >= 0.3 is 0 Å². The van der Waals surface area contributed by atoms with Crippen molar-refractivity contribution in [2.24, 2.45) is 5.73 Å². The highest BCUT2D eigenvalue weighted by molar-refractivity contribution is 5.64.